The quantitative estimate of drug-likeness (QED) is 0.132. The molecule has 2 aliphatic rings. The highest BCUT2D eigenvalue weighted by Crippen LogP contribution is 2.34. The minimum atomic E-state index is -0.271. The Morgan fingerprint density at radius 1 is 0.636 bits per heavy atom. The van der Waals surface area contributed by atoms with Gasteiger partial charge in [-0.2, -0.15) is 0 Å². The lowest BCUT2D eigenvalue weighted by Crippen LogP contribution is -2.24. The van der Waals surface area contributed by atoms with Crippen LogP contribution in [0.25, 0.3) is 0 Å². The van der Waals surface area contributed by atoms with Gasteiger partial charge in [-0.15, -0.1) is 0 Å². The summed E-state index contributed by atoms with van der Waals surface area (Å²) in [5, 5.41) is 0. The van der Waals surface area contributed by atoms with Crippen LogP contribution in [0.15, 0.2) is 48.5 Å². The monoisotopic (exact) mass is 606 g/mol. The maximum Gasteiger partial charge on any atom is 0.338 e. The maximum absolute atomic E-state index is 12.7. The Kier molecular flexibility index (Phi) is 14.6. The van der Waals surface area contributed by atoms with E-state index in [0.29, 0.717) is 36.4 Å². The third-order valence-corrected chi connectivity index (χ3v) is 9.26. The highest BCUT2D eigenvalue weighted by Gasteiger charge is 2.26. The van der Waals surface area contributed by atoms with Gasteiger partial charge in [0.2, 0.25) is 0 Å². The number of ether oxygens (including phenoxy) is 4. The number of unbranched alkanes of at least 4 members (excludes halogenated alkanes) is 5. The van der Waals surface area contributed by atoms with Crippen molar-refractivity contribution in [2.24, 2.45) is 5.92 Å². The molecule has 242 valence electrons. The molecular weight excluding hydrogens is 552 g/mol. The molecule has 0 unspecified atom stereocenters. The van der Waals surface area contributed by atoms with Crippen LogP contribution in [0.2, 0.25) is 0 Å². The number of rotatable bonds is 17. The number of hydrogen-bond acceptors (Lipinski definition) is 6. The third-order valence-electron chi connectivity index (χ3n) is 9.26. The van der Waals surface area contributed by atoms with Crippen molar-refractivity contribution in [1.82, 2.24) is 0 Å². The molecule has 2 aliphatic carbocycles. The van der Waals surface area contributed by atoms with E-state index in [1.807, 2.05) is 36.4 Å². The average molecular weight is 607 g/mol. The average Bonchev–Trinajstić information content (AvgIpc) is 3.06. The number of esters is 2. The fourth-order valence-corrected chi connectivity index (χ4v) is 6.31. The summed E-state index contributed by atoms with van der Waals surface area (Å²) in [6, 6.07) is 15.1. The van der Waals surface area contributed by atoms with E-state index in [0.717, 1.165) is 88.9 Å². The fraction of sp³-hybridized carbons (Fsp3) is 0.632. The van der Waals surface area contributed by atoms with Gasteiger partial charge in [0.15, 0.2) is 0 Å². The van der Waals surface area contributed by atoms with Crippen molar-refractivity contribution < 1.29 is 28.5 Å². The van der Waals surface area contributed by atoms with Gasteiger partial charge in [-0.1, -0.05) is 45.2 Å². The first kappa shape index (κ1) is 34.0. The number of hydrogen-bond donors (Lipinski definition) is 0. The first-order chi connectivity index (χ1) is 21.5. The molecule has 2 aromatic rings. The van der Waals surface area contributed by atoms with Gasteiger partial charge in [0.1, 0.15) is 11.9 Å². The molecule has 0 bridgehead atoms. The standard InChI is InChI=1S/C38H54O6/c1-3-4-7-26-41-35-22-18-33(19-23-35)38(40)44-36-24-16-31(17-25-36)30-12-14-32(15-13-30)37(39)43-28-9-6-5-8-27-42-34-20-10-29(2)11-21-34/h12-15,18-19,22-23,29,31,34,36H,3-11,16-17,20-21,24-28H2,1-2H3. The van der Waals surface area contributed by atoms with Crippen molar-refractivity contribution in [2.75, 3.05) is 19.8 Å². The van der Waals surface area contributed by atoms with Crippen LogP contribution in [0, 0.1) is 5.92 Å². The molecule has 6 heteroatoms. The van der Waals surface area contributed by atoms with Crippen LogP contribution >= 0.6 is 0 Å². The highest BCUT2D eigenvalue weighted by atomic mass is 16.5. The SMILES string of the molecule is CCCCCOc1ccc(C(=O)OC2CCC(c3ccc(C(=O)OCCCCCCOC4CCC(C)CC4)cc3)CC2)cc1. The molecule has 0 amide bonds. The lowest BCUT2D eigenvalue weighted by molar-refractivity contribution is 0.0176. The second-order valence-electron chi connectivity index (χ2n) is 12.9. The lowest BCUT2D eigenvalue weighted by atomic mass is 9.82. The second kappa shape index (κ2) is 18.8. The first-order valence-electron chi connectivity index (χ1n) is 17.3. The fourth-order valence-electron chi connectivity index (χ4n) is 6.31. The van der Waals surface area contributed by atoms with Crippen molar-refractivity contribution in [3.8, 4) is 5.75 Å². The van der Waals surface area contributed by atoms with Gasteiger partial charge in [0, 0.05) is 6.61 Å². The van der Waals surface area contributed by atoms with E-state index < -0.39 is 0 Å². The molecule has 0 saturated heterocycles. The van der Waals surface area contributed by atoms with Crippen LogP contribution in [0.1, 0.15) is 142 Å². The Bertz CT molecular complexity index is 1100. The third kappa shape index (κ3) is 11.6. The van der Waals surface area contributed by atoms with Crippen LogP contribution in [-0.2, 0) is 14.2 Å². The van der Waals surface area contributed by atoms with Crippen LogP contribution in [0.5, 0.6) is 5.75 Å². The van der Waals surface area contributed by atoms with Crippen molar-refractivity contribution in [2.45, 2.75) is 128 Å². The summed E-state index contributed by atoms with van der Waals surface area (Å²) in [4.78, 5) is 25.2. The molecule has 0 atom stereocenters. The van der Waals surface area contributed by atoms with Crippen LogP contribution in [-0.4, -0.2) is 44.0 Å². The van der Waals surface area contributed by atoms with Gasteiger partial charge in [0.05, 0.1) is 30.4 Å². The zero-order chi connectivity index (χ0) is 31.0. The van der Waals surface area contributed by atoms with Crippen molar-refractivity contribution in [3.05, 3.63) is 65.2 Å². The molecule has 44 heavy (non-hydrogen) atoms. The molecule has 4 rings (SSSR count). The van der Waals surface area contributed by atoms with Crippen molar-refractivity contribution in [1.29, 1.82) is 0 Å². The van der Waals surface area contributed by atoms with Crippen LogP contribution in [0.3, 0.4) is 0 Å². The summed E-state index contributed by atoms with van der Waals surface area (Å²) in [7, 11) is 0. The predicted molar refractivity (Wildman–Crippen MR) is 174 cm³/mol. The summed E-state index contributed by atoms with van der Waals surface area (Å²) in [6.45, 7) is 6.51. The molecule has 6 nitrogen and oxygen atoms in total. The molecule has 0 aromatic heterocycles. The smallest absolute Gasteiger partial charge is 0.338 e. The normalized spacial score (nSPS) is 21.9. The lowest BCUT2D eigenvalue weighted by Gasteiger charge is -2.28. The molecule has 0 N–H and O–H groups in total. The Morgan fingerprint density at radius 2 is 1.23 bits per heavy atom. The van der Waals surface area contributed by atoms with Gasteiger partial charge in [0.25, 0.3) is 0 Å². The van der Waals surface area contributed by atoms with E-state index >= 15 is 0 Å². The van der Waals surface area contributed by atoms with Gasteiger partial charge in [-0.05, 0) is 131 Å². The van der Waals surface area contributed by atoms with Gasteiger partial charge in [-0.3, -0.25) is 0 Å². The van der Waals surface area contributed by atoms with Gasteiger partial charge in [-0.25, -0.2) is 9.59 Å². The molecule has 2 fully saturated rings. The number of benzene rings is 2. The largest absolute Gasteiger partial charge is 0.494 e. The van der Waals surface area contributed by atoms with Crippen molar-refractivity contribution >= 4 is 11.9 Å². The minimum absolute atomic E-state index is 0.0636. The summed E-state index contributed by atoms with van der Waals surface area (Å²) in [6.07, 6.45) is 16.5. The predicted octanol–water partition coefficient (Wildman–Crippen LogP) is 9.45. The first-order valence-corrected chi connectivity index (χ1v) is 17.3. The Labute approximate surface area is 265 Å². The molecular formula is C38H54O6. The molecule has 2 saturated carbocycles. The Hall–Kier alpha value is -2.86. The minimum Gasteiger partial charge on any atom is -0.494 e. The van der Waals surface area contributed by atoms with Crippen molar-refractivity contribution in [3.63, 3.8) is 0 Å². The van der Waals surface area contributed by atoms with E-state index in [1.165, 1.54) is 31.2 Å². The Morgan fingerprint density at radius 3 is 1.91 bits per heavy atom. The summed E-state index contributed by atoms with van der Waals surface area (Å²) in [5.74, 6) is 1.53. The zero-order valence-corrected chi connectivity index (χ0v) is 27.1. The van der Waals surface area contributed by atoms with Crippen LogP contribution in [0.4, 0.5) is 0 Å². The van der Waals surface area contributed by atoms with Gasteiger partial charge >= 0.3 is 11.9 Å². The number of carbonyl (C=O) groups is 2. The highest BCUT2D eigenvalue weighted by molar-refractivity contribution is 5.90. The zero-order valence-electron chi connectivity index (χ0n) is 27.1. The van der Waals surface area contributed by atoms with E-state index in [4.69, 9.17) is 18.9 Å². The van der Waals surface area contributed by atoms with E-state index in [1.54, 1.807) is 12.1 Å². The van der Waals surface area contributed by atoms with Gasteiger partial charge < -0.3 is 18.9 Å². The van der Waals surface area contributed by atoms with E-state index in [-0.39, 0.29) is 18.0 Å². The molecule has 2 aromatic carbocycles. The van der Waals surface area contributed by atoms with Crippen LogP contribution < -0.4 is 4.74 Å². The molecule has 0 radical (unpaired) electrons. The number of carbonyl (C=O) groups excluding carboxylic acids is 2. The van der Waals surface area contributed by atoms with E-state index in [9.17, 15) is 9.59 Å². The molecule has 0 spiro atoms. The Balaban J connectivity index is 1.07. The van der Waals surface area contributed by atoms with E-state index in [2.05, 4.69) is 13.8 Å². The summed E-state index contributed by atoms with van der Waals surface area (Å²) in [5.41, 5.74) is 2.39. The molecule has 0 aliphatic heterocycles. The summed E-state index contributed by atoms with van der Waals surface area (Å²) < 4.78 is 23.1. The summed E-state index contributed by atoms with van der Waals surface area (Å²) >= 11 is 0. The topological polar surface area (TPSA) is 71.1 Å². The second-order valence-corrected chi connectivity index (χ2v) is 12.9. The maximum atomic E-state index is 12.7. The molecule has 0 heterocycles.